The molecule has 0 aromatic carbocycles. The van der Waals surface area contributed by atoms with Gasteiger partial charge < -0.3 is 9.97 Å². The first-order valence-corrected chi connectivity index (χ1v) is 4.37. The van der Waals surface area contributed by atoms with Crippen LogP contribution in [0.1, 0.15) is 0 Å². The monoisotopic (exact) mass is 260 g/mol. The van der Waals surface area contributed by atoms with Crippen LogP contribution in [0.5, 0.6) is 0 Å². The quantitative estimate of drug-likeness (QED) is 0.603. The summed E-state index contributed by atoms with van der Waals surface area (Å²) in [4.78, 5) is 43.7. The van der Waals surface area contributed by atoms with E-state index < -0.39 is 32.1 Å². The highest BCUT2D eigenvalue weighted by Gasteiger charge is 1.94. The highest BCUT2D eigenvalue weighted by Crippen LogP contribution is 1.63. The maximum absolute atomic E-state index is 12.0. The molecule has 0 aliphatic carbocycles. The Balaban J connectivity index is 0.000000180. The smallest absolute Gasteiger partial charge is 0.312 e. The van der Waals surface area contributed by atoms with Crippen LogP contribution < -0.4 is 22.5 Å². The molecule has 0 atom stereocenters. The fourth-order valence-corrected chi connectivity index (χ4v) is 0.813. The minimum Gasteiger partial charge on any atom is -0.312 e. The first-order valence-electron chi connectivity index (χ1n) is 4.37. The molecule has 0 bridgehead atoms. The number of nitrogens with one attached hydrogen (secondary N) is 2. The number of nitrogens with zero attached hydrogens (tertiary/aromatic N) is 2. The van der Waals surface area contributed by atoms with Crippen LogP contribution in [0.15, 0.2) is 43.7 Å². The molecule has 0 radical (unpaired) electrons. The summed E-state index contributed by atoms with van der Waals surface area (Å²) in [5.41, 5.74) is -4.03. The van der Waals surface area contributed by atoms with Gasteiger partial charge in [-0.15, -0.1) is 0 Å². The SMILES string of the molecule is O=c1cc[nH]c(=O)n1F.O=c1cc[nH]c(=O)n1F. The molecule has 2 aromatic heterocycles. The maximum atomic E-state index is 12.0. The zero-order valence-electron chi connectivity index (χ0n) is 8.59. The van der Waals surface area contributed by atoms with E-state index in [0.29, 0.717) is 0 Å². The van der Waals surface area contributed by atoms with Crippen molar-refractivity contribution < 1.29 is 8.96 Å². The van der Waals surface area contributed by atoms with E-state index in [0.717, 1.165) is 24.5 Å². The highest BCUT2D eigenvalue weighted by molar-refractivity contribution is 4.80. The molecule has 0 aliphatic heterocycles. The highest BCUT2D eigenvalue weighted by atomic mass is 19.2. The molecule has 0 aliphatic rings. The minimum absolute atomic E-state index is 0.500. The first-order chi connectivity index (χ1) is 8.43. The van der Waals surface area contributed by atoms with Crippen LogP contribution in [0, 0.1) is 0 Å². The van der Waals surface area contributed by atoms with Gasteiger partial charge in [-0.2, -0.15) is 0 Å². The second kappa shape index (κ2) is 5.52. The molecular formula is C8H6F2N4O4. The van der Waals surface area contributed by atoms with E-state index in [1.807, 2.05) is 9.97 Å². The van der Waals surface area contributed by atoms with Crippen LogP contribution >= 0.6 is 0 Å². The molecule has 2 N–H and O–H groups in total. The van der Waals surface area contributed by atoms with Crippen molar-refractivity contribution >= 4 is 0 Å². The molecule has 0 unspecified atom stereocenters. The molecule has 0 amide bonds. The third kappa shape index (κ3) is 3.10. The van der Waals surface area contributed by atoms with Crippen molar-refractivity contribution in [3.63, 3.8) is 0 Å². The number of aromatic nitrogens is 4. The summed E-state index contributed by atoms with van der Waals surface area (Å²) in [6.07, 6.45) is 2.17. The molecule has 18 heavy (non-hydrogen) atoms. The Labute approximate surface area is 95.6 Å². The lowest BCUT2D eigenvalue weighted by Gasteiger charge is -1.83. The van der Waals surface area contributed by atoms with Gasteiger partial charge in [-0.3, -0.25) is 9.59 Å². The van der Waals surface area contributed by atoms with Crippen molar-refractivity contribution in [2.24, 2.45) is 0 Å². The summed E-state index contributed by atoms with van der Waals surface area (Å²) >= 11 is 0. The zero-order chi connectivity index (χ0) is 13.7. The predicted molar refractivity (Wildman–Crippen MR) is 55.7 cm³/mol. The van der Waals surface area contributed by atoms with Crippen LogP contribution in [0.4, 0.5) is 8.96 Å². The second-order valence-electron chi connectivity index (χ2n) is 2.80. The maximum Gasteiger partial charge on any atom is 0.357 e. The van der Waals surface area contributed by atoms with Crippen LogP contribution in [-0.2, 0) is 0 Å². The normalized spacial score (nSPS) is 9.44. The van der Waals surface area contributed by atoms with Gasteiger partial charge in [0.15, 0.2) is 0 Å². The van der Waals surface area contributed by atoms with Gasteiger partial charge in [0.25, 0.3) is 11.1 Å². The van der Waals surface area contributed by atoms with Gasteiger partial charge in [-0.05, 0) is 0 Å². The molecule has 96 valence electrons. The van der Waals surface area contributed by atoms with Crippen LogP contribution in [-0.4, -0.2) is 19.5 Å². The van der Waals surface area contributed by atoms with Crippen molar-refractivity contribution in [3.8, 4) is 0 Å². The van der Waals surface area contributed by atoms with Crippen molar-refractivity contribution in [3.05, 3.63) is 66.2 Å². The standard InChI is InChI=1S/2C4H3FN2O2/c2*5-7-3(8)1-2-6-4(7)9/h2*1-2H,(H,6,9). The van der Waals surface area contributed by atoms with Crippen LogP contribution in [0.25, 0.3) is 0 Å². The number of aromatic amines is 2. The number of halogens is 2. The number of hydrogen-bond donors (Lipinski definition) is 2. The van der Waals surface area contributed by atoms with E-state index in [-0.39, 0.29) is 0 Å². The van der Waals surface area contributed by atoms with Crippen LogP contribution in [0.3, 0.4) is 0 Å². The van der Waals surface area contributed by atoms with Crippen molar-refractivity contribution in [2.45, 2.75) is 0 Å². The summed E-state index contributed by atoms with van der Waals surface area (Å²) in [6, 6.07) is 1.84. The van der Waals surface area contributed by atoms with Gasteiger partial charge in [0.05, 0.1) is 0 Å². The Bertz CT molecular complexity index is 635. The molecule has 0 saturated heterocycles. The fourth-order valence-electron chi connectivity index (χ4n) is 0.813. The Hall–Kier alpha value is -2.78. The summed E-state index contributed by atoms with van der Waals surface area (Å²) < 4.78 is 24.0. The molecule has 2 aromatic rings. The van der Waals surface area contributed by atoms with Gasteiger partial charge >= 0.3 is 11.4 Å². The molecule has 0 saturated carbocycles. The third-order valence-corrected chi connectivity index (χ3v) is 1.61. The van der Waals surface area contributed by atoms with Crippen LogP contribution in [0.2, 0.25) is 0 Å². The van der Waals surface area contributed by atoms with E-state index >= 15 is 0 Å². The van der Waals surface area contributed by atoms with Gasteiger partial charge in [-0.25, -0.2) is 9.59 Å². The molecule has 0 spiro atoms. The molecule has 0 fully saturated rings. The average molecular weight is 260 g/mol. The van der Waals surface area contributed by atoms with E-state index in [2.05, 4.69) is 0 Å². The molecular weight excluding hydrogens is 254 g/mol. The second-order valence-corrected chi connectivity index (χ2v) is 2.80. The Morgan fingerprint density at radius 3 is 1.33 bits per heavy atom. The number of H-pyrrole nitrogens is 2. The van der Waals surface area contributed by atoms with Gasteiger partial charge in [-0.1, -0.05) is 18.5 Å². The molecule has 10 heteroatoms. The van der Waals surface area contributed by atoms with E-state index in [1.165, 1.54) is 0 Å². The number of rotatable bonds is 0. The lowest BCUT2D eigenvalue weighted by molar-refractivity contribution is 0.330. The van der Waals surface area contributed by atoms with E-state index in [1.54, 1.807) is 0 Å². The van der Waals surface area contributed by atoms with Gasteiger partial charge in [0.2, 0.25) is 0 Å². The summed E-state index contributed by atoms with van der Waals surface area (Å²) in [7, 11) is 0. The van der Waals surface area contributed by atoms with Crippen molar-refractivity contribution in [1.29, 1.82) is 0 Å². The average Bonchev–Trinajstić information content (AvgIpc) is 2.34. The van der Waals surface area contributed by atoms with Gasteiger partial charge in [0.1, 0.15) is 0 Å². The summed E-state index contributed by atoms with van der Waals surface area (Å²) in [5, 5.41) is 0. The molecule has 2 heterocycles. The lowest BCUT2D eigenvalue weighted by atomic mass is 10.7. The zero-order valence-corrected chi connectivity index (χ0v) is 8.59. The number of hydrogen-bond acceptors (Lipinski definition) is 4. The Kier molecular flexibility index (Phi) is 4.07. The fraction of sp³-hybridized carbons (Fsp3) is 0. The van der Waals surface area contributed by atoms with E-state index in [9.17, 15) is 28.1 Å². The predicted octanol–water partition coefficient (Wildman–Crippen LogP) is -1.46. The molecule has 2 rings (SSSR count). The van der Waals surface area contributed by atoms with Gasteiger partial charge in [0, 0.05) is 24.5 Å². The van der Waals surface area contributed by atoms with Crippen molar-refractivity contribution in [1.82, 2.24) is 19.5 Å². The minimum atomic E-state index is -1.05. The third-order valence-electron chi connectivity index (χ3n) is 1.61. The van der Waals surface area contributed by atoms with E-state index in [4.69, 9.17) is 0 Å². The Morgan fingerprint density at radius 2 is 1.11 bits per heavy atom. The first kappa shape index (κ1) is 13.3. The topological polar surface area (TPSA) is 110 Å². The largest absolute Gasteiger partial charge is 0.357 e. The summed E-state index contributed by atoms with van der Waals surface area (Å²) in [6.45, 7) is 0. The summed E-state index contributed by atoms with van der Waals surface area (Å²) in [5.74, 6) is 0. The lowest BCUT2D eigenvalue weighted by Crippen LogP contribution is -2.28. The molecule has 8 nitrogen and oxygen atoms in total. The van der Waals surface area contributed by atoms with Crippen molar-refractivity contribution in [2.75, 3.05) is 0 Å². The Morgan fingerprint density at radius 1 is 0.778 bits per heavy atom.